The van der Waals surface area contributed by atoms with Gasteiger partial charge >= 0.3 is 0 Å². The van der Waals surface area contributed by atoms with E-state index in [1.165, 1.54) is 44.9 Å². The van der Waals surface area contributed by atoms with Crippen molar-refractivity contribution in [3.63, 3.8) is 0 Å². The number of ether oxygens (including phenoxy) is 1. The molecule has 118 valence electrons. The summed E-state index contributed by atoms with van der Waals surface area (Å²) in [4.78, 5) is 12.6. The van der Waals surface area contributed by atoms with Crippen LogP contribution in [-0.2, 0) is 9.53 Å². The fourth-order valence-electron chi connectivity index (χ4n) is 3.37. The van der Waals surface area contributed by atoms with E-state index < -0.39 is 5.60 Å². The first-order valence-electron chi connectivity index (χ1n) is 8.92. The van der Waals surface area contributed by atoms with Crippen molar-refractivity contribution in [2.24, 2.45) is 0 Å². The Kier molecular flexibility index (Phi) is 9.17. The molecule has 0 aromatic rings. The number of rotatable bonds is 10. The summed E-state index contributed by atoms with van der Waals surface area (Å²) in [6, 6.07) is 0. The van der Waals surface area contributed by atoms with Crippen LogP contribution in [0.25, 0.3) is 0 Å². The van der Waals surface area contributed by atoms with Crippen LogP contribution < -0.4 is 0 Å². The second-order valence-electron chi connectivity index (χ2n) is 6.28. The molecule has 1 aliphatic carbocycles. The Morgan fingerprint density at radius 2 is 1.50 bits per heavy atom. The van der Waals surface area contributed by atoms with Crippen LogP contribution in [0.2, 0.25) is 0 Å². The lowest BCUT2D eigenvalue weighted by atomic mass is 9.86. The predicted molar refractivity (Wildman–Crippen MR) is 85.1 cm³/mol. The van der Waals surface area contributed by atoms with Crippen molar-refractivity contribution in [3.05, 3.63) is 0 Å². The molecule has 0 bridgehead atoms. The fraction of sp³-hybridized carbons (Fsp3) is 0.944. The SMILES string of the molecule is CCCCCCCCC(=O)C1(OCC)CCCCCC1. The molecule has 0 N–H and O–H groups in total. The largest absolute Gasteiger partial charge is 0.368 e. The van der Waals surface area contributed by atoms with Gasteiger partial charge in [0, 0.05) is 13.0 Å². The van der Waals surface area contributed by atoms with Crippen LogP contribution in [0.15, 0.2) is 0 Å². The highest BCUT2D eigenvalue weighted by atomic mass is 16.5. The van der Waals surface area contributed by atoms with Gasteiger partial charge in [-0.2, -0.15) is 0 Å². The lowest BCUT2D eigenvalue weighted by Gasteiger charge is -2.31. The highest BCUT2D eigenvalue weighted by molar-refractivity contribution is 5.87. The summed E-state index contributed by atoms with van der Waals surface area (Å²) < 4.78 is 5.96. The molecule has 1 rings (SSSR count). The second kappa shape index (κ2) is 10.4. The van der Waals surface area contributed by atoms with Crippen LogP contribution in [0.5, 0.6) is 0 Å². The van der Waals surface area contributed by atoms with E-state index in [2.05, 4.69) is 6.92 Å². The fourth-order valence-corrected chi connectivity index (χ4v) is 3.37. The molecule has 0 spiro atoms. The predicted octanol–water partition coefficient (Wildman–Crippen LogP) is 5.44. The normalized spacial score (nSPS) is 18.7. The van der Waals surface area contributed by atoms with Gasteiger partial charge in [0.15, 0.2) is 5.78 Å². The zero-order valence-corrected chi connectivity index (χ0v) is 13.7. The third-order valence-corrected chi connectivity index (χ3v) is 4.60. The Labute approximate surface area is 125 Å². The number of Topliss-reactive ketones (excluding diaryl/α,β-unsaturated/α-hetero) is 1. The first-order valence-corrected chi connectivity index (χ1v) is 8.92. The maximum absolute atomic E-state index is 12.6. The highest BCUT2D eigenvalue weighted by Gasteiger charge is 2.38. The molecular formula is C18H34O2. The summed E-state index contributed by atoms with van der Waals surface area (Å²) in [5.74, 6) is 0.386. The topological polar surface area (TPSA) is 26.3 Å². The molecule has 0 heterocycles. The number of ketones is 1. The van der Waals surface area contributed by atoms with Crippen molar-refractivity contribution < 1.29 is 9.53 Å². The van der Waals surface area contributed by atoms with Crippen LogP contribution in [0.4, 0.5) is 0 Å². The minimum atomic E-state index is -0.422. The van der Waals surface area contributed by atoms with Gasteiger partial charge in [-0.1, -0.05) is 64.7 Å². The minimum absolute atomic E-state index is 0.386. The number of unbranched alkanes of at least 4 members (excludes halogenated alkanes) is 5. The Bertz CT molecular complexity index is 252. The van der Waals surface area contributed by atoms with Gasteiger partial charge in [0.1, 0.15) is 5.60 Å². The summed E-state index contributed by atoms with van der Waals surface area (Å²) in [5, 5.41) is 0. The van der Waals surface area contributed by atoms with Crippen molar-refractivity contribution in [2.75, 3.05) is 6.61 Å². The van der Waals surface area contributed by atoms with Gasteiger partial charge in [0.25, 0.3) is 0 Å². The van der Waals surface area contributed by atoms with Crippen molar-refractivity contribution in [1.82, 2.24) is 0 Å². The molecule has 20 heavy (non-hydrogen) atoms. The van der Waals surface area contributed by atoms with Gasteiger partial charge in [-0.25, -0.2) is 0 Å². The second-order valence-corrected chi connectivity index (χ2v) is 6.28. The lowest BCUT2D eigenvalue weighted by molar-refractivity contribution is -0.146. The van der Waals surface area contributed by atoms with Crippen LogP contribution >= 0.6 is 0 Å². The zero-order chi connectivity index (χ0) is 14.7. The molecule has 0 atom stereocenters. The van der Waals surface area contributed by atoms with E-state index in [0.717, 1.165) is 38.5 Å². The van der Waals surface area contributed by atoms with Gasteiger partial charge in [0.2, 0.25) is 0 Å². The first kappa shape index (κ1) is 17.7. The molecule has 0 unspecified atom stereocenters. The molecule has 1 fully saturated rings. The summed E-state index contributed by atoms with van der Waals surface area (Å²) in [5.41, 5.74) is -0.422. The van der Waals surface area contributed by atoms with Gasteiger partial charge in [-0.15, -0.1) is 0 Å². The summed E-state index contributed by atoms with van der Waals surface area (Å²) >= 11 is 0. The first-order chi connectivity index (χ1) is 9.75. The Morgan fingerprint density at radius 3 is 2.10 bits per heavy atom. The molecule has 2 heteroatoms. The van der Waals surface area contributed by atoms with Gasteiger partial charge < -0.3 is 4.74 Å². The molecule has 0 amide bonds. The Hall–Kier alpha value is -0.370. The number of hydrogen-bond donors (Lipinski definition) is 0. The zero-order valence-electron chi connectivity index (χ0n) is 13.7. The highest BCUT2D eigenvalue weighted by Crippen LogP contribution is 2.33. The molecule has 0 saturated heterocycles. The summed E-state index contributed by atoms with van der Waals surface area (Å²) in [7, 11) is 0. The maximum Gasteiger partial charge on any atom is 0.164 e. The molecule has 0 aromatic carbocycles. The molecule has 2 nitrogen and oxygen atoms in total. The van der Waals surface area contributed by atoms with Crippen LogP contribution in [-0.4, -0.2) is 18.0 Å². The van der Waals surface area contributed by atoms with Crippen molar-refractivity contribution in [3.8, 4) is 0 Å². The lowest BCUT2D eigenvalue weighted by Crippen LogP contribution is -2.41. The number of hydrogen-bond acceptors (Lipinski definition) is 2. The third-order valence-electron chi connectivity index (χ3n) is 4.60. The van der Waals surface area contributed by atoms with E-state index in [0.29, 0.717) is 12.4 Å². The van der Waals surface area contributed by atoms with Crippen LogP contribution in [0.3, 0.4) is 0 Å². The van der Waals surface area contributed by atoms with Crippen molar-refractivity contribution in [1.29, 1.82) is 0 Å². The van der Waals surface area contributed by atoms with E-state index in [-0.39, 0.29) is 0 Å². The molecule has 1 aliphatic rings. The van der Waals surface area contributed by atoms with E-state index in [1.54, 1.807) is 0 Å². The average Bonchev–Trinajstić information content (AvgIpc) is 2.69. The Balaban J connectivity index is 2.35. The van der Waals surface area contributed by atoms with Gasteiger partial charge in [0.05, 0.1) is 0 Å². The molecular weight excluding hydrogens is 248 g/mol. The molecule has 0 aliphatic heterocycles. The van der Waals surface area contributed by atoms with E-state index in [1.807, 2.05) is 6.92 Å². The van der Waals surface area contributed by atoms with Crippen molar-refractivity contribution >= 4 is 5.78 Å². The van der Waals surface area contributed by atoms with Crippen LogP contribution in [0, 0.1) is 0 Å². The standard InChI is InChI=1S/C18H34O2/c1-3-5-6-7-8-11-14-17(19)18(20-4-2)15-12-9-10-13-16-18/h3-16H2,1-2H3. The monoisotopic (exact) mass is 282 g/mol. The van der Waals surface area contributed by atoms with Crippen molar-refractivity contribution in [2.45, 2.75) is 103 Å². The number of carbonyl (C=O) groups excluding carboxylic acids is 1. The molecule has 0 aromatic heterocycles. The molecule has 1 saturated carbocycles. The minimum Gasteiger partial charge on any atom is -0.368 e. The third kappa shape index (κ3) is 5.95. The van der Waals surface area contributed by atoms with E-state index in [4.69, 9.17) is 4.74 Å². The summed E-state index contributed by atoms with van der Waals surface area (Å²) in [6.07, 6.45) is 14.9. The summed E-state index contributed by atoms with van der Waals surface area (Å²) in [6.45, 7) is 4.92. The molecule has 0 radical (unpaired) electrons. The quantitative estimate of drug-likeness (QED) is 0.394. The average molecular weight is 282 g/mol. The van der Waals surface area contributed by atoms with Gasteiger partial charge in [-0.05, 0) is 26.2 Å². The van der Waals surface area contributed by atoms with Crippen LogP contribution in [0.1, 0.15) is 97.3 Å². The smallest absolute Gasteiger partial charge is 0.164 e. The van der Waals surface area contributed by atoms with E-state index >= 15 is 0 Å². The van der Waals surface area contributed by atoms with Gasteiger partial charge in [-0.3, -0.25) is 4.79 Å². The maximum atomic E-state index is 12.6. The number of carbonyl (C=O) groups is 1. The Morgan fingerprint density at radius 1 is 0.900 bits per heavy atom. The van der Waals surface area contributed by atoms with E-state index in [9.17, 15) is 4.79 Å².